The third kappa shape index (κ3) is 4.17. The van der Waals surface area contributed by atoms with Gasteiger partial charge in [-0.05, 0) is 42.8 Å². The number of hydrogen-bond acceptors (Lipinski definition) is 3. The number of benzene rings is 2. The van der Waals surface area contributed by atoms with Crippen molar-refractivity contribution in [2.24, 2.45) is 0 Å². The van der Waals surface area contributed by atoms with Gasteiger partial charge in [-0.1, -0.05) is 6.08 Å². The maximum Gasteiger partial charge on any atom is 0.128 e. The van der Waals surface area contributed by atoms with Gasteiger partial charge in [0, 0.05) is 11.3 Å². The molecule has 2 aromatic carbocycles. The molecule has 0 atom stereocenters. The highest BCUT2D eigenvalue weighted by Crippen LogP contribution is 2.28. The normalized spacial score (nSPS) is 15.1. The summed E-state index contributed by atoms with van der Waals surface area (Å²) in [5, 5.41) is 10.6. The third-order valence-corrected chi connectivity index (χ3v) is 4.94. The van der Waals surface area contributed by atoms with E-state index in [1.165, 1.54) is 17.0 Å². The minimum atomic E-state index is -0.207. The number of methoxy groups -OCH3 is 1. The van der Waals surface area contributed by atoms with Crippen LogP contribution < -0.4 is 14.5 Å². The number of piperazine rings is 1. The summed E-state index contributed by atoms with van der Waals surface area (Å²) < 4.78 is 18.5. The predicted octanol–water partition coefficient (Wildman–Crippen LogP) is 2.17. The highest BCUT2D eigenvalue weighted by atomic mass is 19.1. The molecule has 26 heavy (non-hydrogen) atoms. The molecule has 0 bridgehead atoms. The van der Waals surface area contributed by atoms with E-state index < -0.39 is 0 Å². The quantitative estimate of drug-likeness (QED) is 0.778. The summed E-state index contributed by atoms with van der Waals surface area (Å²) >= 11 is 0. The molecular formula is C21H26FN2O2+. The molecular weight excluding hydrogens is 331 g/mol. The second-order valence-corrected chi connectivity index (χ2v) is 6.68. The first-order chi connectivity index (χ1) is 12.6. The van der Waals surface area contributed by atoms with Crippen molar-refractivity contribution in [1.29, 1.82) is 0 Å². The standard InChI is InChI=1S/C21H25FN2O2/c1-3-4-16-13-20(26-2)14-17(21(16)25)15-23-9-11-24(12-10-23)19-7-5-18(22)6-8-19/h3,5-8,13-14,25H,1,4,9-12,15H2,2H3/p+1. The first kappa shape index (κ1) is 18.3. The van der Waals surface area contributed by atoms with Crippen LogP contribution in [0.1, 0.15) is 11.1 Å². The lowest BCUT2D eigenvalue weighted by molar-refractivity contribution is -0.914. The van der Waals surface area contributed by atoms with E-state index >= 15 is 0 Å². The number of phenols is 1. The molecule has 0 amide bonds. The number of allylic oxidation sites excluding steroid dienone is 1. The zero-order valence-electron chi connectivity index (χ0n) is 15.2. The Kier molecular flexibility index (Phi) is 5.78. The van der Waals surface area contributed by atoms with Gasteiger partial charge in [-0.25, -0.2) is 4.39 Å². The van der Waals surface area contributed by atoms with Gasteiger partial charge >= 0.3 is 0 Å². The van der Waals surface area contributed by atoms with Crippen molar-refractivity contribution in [3.05, 3.63) is 66.0 Å². The van der Waals surface area contributed by atoms with Gasteiger partial charge in [0.15, 0.2) is 0 Å². The largest absolute Gasteiger partial charge is 0.507 e. The Morgan fingerprint density at radius 1 is 1.19 bits per heavy atom. The molecule has 1 heterocycles. The van der Waals surface area contributed by atoms with E-state index in [0.717, 1.165) is 55.3 Å². The second kappa shape index (κ2) is 8.23. The molecule has 0 aromatic heterocycles. The number of rotatable bonds is 6. The second-order valence-electron chi connectivity index (χ2n) is 6.68. The predicted molar refractivity (Wildman–Crippen MR) is 102 cm³/mol. The van der Waals surface area contributed by atoms with E-state index in [4.69, 9.17) is 4.74 Å². The van der Waals surface area contributed by atoms with Crippen molar-refractivity contribution >= 4 is 5.69 Å². The van der Waals surface area contributed by atoms with Gasteiger partial charge in [0.1, 0.15) is 23.9 Å². The molecule has 1 aliphatic rings. The van der Waals surface area contributed by atoms with E-state index in [1.807, 2.05) is 24.3 Å². The fourth-order valence-corrected chi connectivity index (χ4v) is 3.47. The van der Waals surface area contributed by atoms with Crippen LogP contribution in [0, 0.1) is 5.82 Å². The number of ether oxygens (including phenoxy) is 1. The van der Waals surface area contributed by atoms with Gasteiger partial charge in [0.25, 0.3) is 0 Å². The first-order valence-corrected chi connectivity index (χ1v) is 8.94. The van der Waals surface area contributed by atoms with Crippen LogP contribution in [0.2, 0.25) is 0 Å². The molecule has 0 saturated carbocycles. The first-order valence-electron chi connectivity index (χ1n) is 8.94. The van der Waals surface area contributed by atoms with Gasteiger partial charge in [-0.3, -0.25) is 0 Å². The Labute approximate surface area is 154 Å². The molecule has 5 heteroatoms. The van der Waals surface area contributed by atoms with Gasteiger partial charge in [-0.15, -0.1) is 6.58 Å². The number of quaternary nitrogens is 1. The summed E-state index contributed by atoms with van der Waals surface area (Å²) in [5.74, 6) is 0.903. The van der Waals surface area contributed by atoms with Crippen molar-refractivity contribution in [1.82, 2.24) is 0 Å². The Morgan fingerprint density at radius 2 is 1.85 bits per heavy atom. The fourth-order valence-electron chi connectivity index (χ4n) is 3.47. The Balaban J connectivity index is 1.66. The van der Waals surface area contributed by atoms with Crippen LogP contribution in [0.25, 0.3) is 0 Å². The summed E-state index contributed by atoms with van der Waals surface area (Å²) in [6.07, 6.45) is 2.40. The maximum absolute atomic E-state index is 13.1. The van der Waals surface area contributed by atoms with Crippen molar-refractivity contribution in [3.8, 4) is 11.5 Å². The Morgan fingerprint density at radius 3 is 2.46 bits per heavy atom. The van der Waals surface area contributed by atoms with Crippen LogP contribution in [0.5, 0.6) is 11.5 Å². The molecule has 1 aliphatic heterocycles. The fraction of sp³-hybridized carbons (Fsp3) is 0.333. The summed E-state index contributed by atoms with van der Waals surface area (Å²) in [5.41, 5.74) is 2.81. The smallest absolute Gasteiger partial charge is 0.128 e. The molecule has 2 aromatic rings. The van der Waals surface area contributed by atoms with E-state index in [9.17, 15) is 9.50 Å². The number of halogens is 1. The lowest BCUT2D eigenvalue weighted by Gasteiger charge is -2.34. The van der Waals surface area contributed by atoms with Crippen LogP contribution in [0.4, 0.5) is 10.1 Å². The van der Waals surface area contributed by atoms with Crippen LogP contribution in [-0.4, -0.2) is 38.4 Å². The van der Waals surface area contributed by atoms with Crippen molar-refractivity contribution < 1.29 is 19.1 Å². The highest BCUT2D eigenvalue weighted by molar-refractivity contribution is 5.47. The topological polar surface area (TPSA) is 37.1 Å². The molecule has 2 N–H and O–H groups in total. The lowest BCUT2D eigenvalue weighted by Crippen LogP contribution is -3.13. The average Bonchev–Trinajstić information content (AvgIpc) is 2.66. The van der Waals surface area contributed by atoms with E-state index in [-0.39, 0.29) is 5.82 Å². The Hall–Kier alpha value is -2.53. The SMILES string of the molecule is C=CCc1cc(OC)cc(C[NH+]2CCN(c3ccc(F)cc3)CC2)c1O. The van der Waals surface area contributed by atoms with Crippen LogP contribution in [-0.2, 0) is 13.0 Å². The summed E-state index contributed by atoms with van der Waals surface area (Å²) in [6, 6.07) is 10.4. The number of anilines is 1. The molecule has 0 aliphatic carbocycles. The molecule has 138 valence electrons. The number of nitrogens with zero attached hydrogens (tertiary/aromatic N) is 1. The minimum Gasteiger partial charge on any atom is -0.507 e. The maximum atomic E-state index is 13.1. The number of hydrogen-bond donors (Lipinski definition) is 2. The minimum absolute atomic E-state index is 0.207. The molecule has 1 saturated heterocycles. The van der Waals surface area contributed by atoms with E-state index in [0.29, 0.717) is 12.2 Å². The monoisotopic (exact) mass is 357 g/mol. The van der Waals surface area contributed by atoms with Crippen LogP contribution in [0.3, 0.4) is 0 Å². The molecule has 3 rings (SSSR count). The van der Waals surface area contributed by atoms with Gasteiger partial charge in [-0.2, -0.15) is 0 Å². The Bertz CT molecular complexity index is 753. The highest BCUT2D eigenvalue weighted by Gasteiger charge is 2.22. The zero-order chi connectivity index (χ0) is 18.5. The van der Waals surface area contributed by atoms with Crippen molar-refractivity contribution in [2.75, 3.05) is 38.2 Å². The van der Waals surface area contributed by atoms with E-state index in [2.05, 4.69) is 11.5 Å². The summed E-state index contributed by atoms with van der Waals surface area (Å²) in [7, 11) is 1.64. The molecule has 1 fully saturated rings. The average molecular weight is 357 g/mol. The summed E-state index contributed by atoms with van der Waals surface area (Å²) in [6.45, 7) is 8.25. The number of phenolic OH excluding ortho intramolecular Hbond substituents is 1. The van der Waals surface area contributed by atoms with Gasteiger partial charge in [0.05, 0.1) is 38.9 Å². The van der Waals surface area contributed by atoms with Crippen LogP contribution in [0.15, 0.2) is 49.1 Å². The molecule has 0 radical (unpaired) electrons. The van der Waals surface area contributed by atoms with Gasteiger partial charge < -0.3 is 19.6 Å². The van der Waals surface area contributed by atoms with Gasteiger partial charge in [0.2, 0.25) is 0 Å². The zero-order valence-corrected chi connectivity index (χ0v) is 15.2. The van der Waals surface area contributed by atoms with E-state index in [1.54, 1.807) is 13.2 Å². The summed E-state index contributed by atoms with van der Waals surface area (Å²) in [4.78, 5) is 3.69. The number of nitrogens with one attached hydrogen (secondary N) is 1. The number of aromatic hydroxyl groups is 1. The van der Waals surface area contributed by atoms with Crippen LogP contribution >= 0.6 is 0 Å². The molecule has 4 nitrogen and oxygen atoms in total. The lowest BCUT2D eigenvalue weighted by atomic mass is 10.0. The molecule has 0 unspecified atom stereocenters. The molecule has 0 spiro atoms. The third-order valence-electron chi connectivity index (χ3n) is 4.94. The van der Waals surface area contributed by atoms with Crippen molar-refractivity contribution in [2.45, 2.75) is 13.0 Å². The van der Waals surface area contributed by atoms with Crippen molar-refractivity contribution in [3.63, 3.8) is 0 Å².